The van der Waals surface area contributed by atoms with Crippen LogP contribution in [-0.2, 0) is 14.8 Å². The topological polar surface area (TPSA) is 154 Å². The number of hydrogen-bond donors (Lipinski definition) is 2. The van der Waals surface area contributed by atoms with Crippen LogP contribution in [0.25, 0.3) is 16.7 Å². The summed E-state index contributed by atoms with van der Waals surface area (Å²) in [6.07, 6.45) is 1.42. The first-order chi connectivity index (χ1) is 20.1. The molecular formula is C27H23FN8O4S2. The van der Waals surface area contributed by atoms with E-state index >= 15 is 0 Å². The Morgan fingerprint density at radius 3 is 2.52 bits per heavy atom. The highest BCUT2D eigenvalue weighted by molar-refractivity contribution is 7.99. The van der Waals surface area contributed by atoms with Gasteiger partial charge in [-0.3, -0.25) is 18.9 Å². The van der Waals surface area contributed by atoms with Crippen molar-refractivity contribution in [2.75, 3.05) is 15.8 Å². The monoisotopic (exact) mass is 606 g/mol. The molecule has 42 heavy (non-hydrogen) atoms. The summed E-state index contributed by atoms with van der Waals surface area (Å²) in [6, 6.07) is 12.5. The summed E-state index contributed by atoms with van der Waals surface area (Å²) < 4.78 is 44.4. The SMILES string of the molecule is Cc1cc(NS(=O)(=O)c2ccc(NC(=O)CC3CSc4nc5c(cnn5-c5ccc(F)cc5)c(=O)n43)cc2)nc(C)n1. The standard InChI is InChI=1S/C27H23FN8O4S2/c1-15-11-23(31-16(2)30-15)34-42(39,40)21-9-5-18(6-10-21)32-24(37)12-20-14-41-27-33-25-22(26(38)35(20)27)13-29-36(25)19-7-3-17(28)4-8-19/h3-11,13,20H,12,14H2,1-2H3,(H,32,37)(H,30,31,34). The van der Waals surface area contributed by atoms with E-state index in [-0.39, 0.29) is 39.8 Å². The van der Waals surface area contributed by atoms with Crippen LogP contribution >= 0.6 is 11.8 Å². The van der Waals surface area contributed by atoms with E-state index in [1.54, 1.807) is 26.0 Å². The fraction of sp³-hybridized carbons (Fsp3) is 0.185. The van der Waals surface area contributed by atoms with Gasteiger partial charge >= 0.3 is 0 Å². The second-order valence-electron chi connectivity index (χ2n) is 9.63. The number of benzene rings is 2. The first-order valence-electron chi connectivity index (χ1n) is 12.7. The van der Waals surface area contributed by atoms with E-state index in [1.165, 1.54) is 69.7 Å². The number of thioether (sulfide) groups is 1. The number of nitrogens with zero attached hydrogens (tertiary/aromatic N) is 6. The summed E-state index contributed by atoms with van der Waals surface area (Å²) in [4.78, 5) is 39.1. The predicted molar refractivity (Wildman–Crippen MR) is 155 cm³/mol. The van der Waals surface area contributed by atoms with Gasteiger partial charge in [-0.25, -0.2) is 32.4 Å². The van der Waals surface area contributed by atoms with E-state index in [9.17, 15) is 22.4 Å². The van der Waals surface area contributed by atoms with E-state index in [0.29, 0.717) is 39.4 Å². The van der Waals surface area contributed by atoms with Gasteiger partial charge in [-0.2, -0.15) is 5.10 Å². The van der Waals surface area contributed by atoms with Gasteiger partial charge < -0.3 is 5.32 Å². The summed E-state index contributed by atoms with van der Waals surface area (Å²) >= 11 is 1.36. The van der Waals surface area contributed by atoms with Crippen molar-refractivity contribution in [3.8, 4) is 5.69 Å². The molecule has 1 unspecified atom stereocenters. The average molecular weight is 607 g/mol. The van der Waals surface area contributed by atoms with E-state index in [0.717, 1.165) is 0 Å². The Balaban J connectivity index is 1.15. The number of fused-ring (bicyclic) bond motifs is 2. The molecule has 15 heteroatoms. The quantitative estimate of drug-likeness (QED) is 0.265. The minimum Gasteiger partial charge on any atom is -0.326 e. The van der Waals surface area contributed by atoms with Crippen LogP contribution in [0.3, 0.4) is 0 Å². The first kappa shape index (κ1) is 27.5. The van der Waals surface area contributed by atoms with Crippen LogP contribution in [0.2, 0.25) is 0 Å². The molecular weight excluding hydrogens is 583 g/mol. The van der Waals surface area contributed by atoms with Crippen LogP contribution in [0.5, 0.6) is 0 Å². The average Bonchev–Trinajstić information content (AvgIpc) is 3.53. The Morgan fingerprint density at radius 1 is 1.07 bits per heavy atom. The highest BCUT2D eigenvalue weighted by Crippen LogP contribution is 2.33. The third-order valence-corrected chi connectivity index (χ3v) is 8.98. The molecule has 0 spiro atoms. The molecule has 6 rings (SSSR count). The maximum atomic E-state index is 13.4. The zero-order valence-corrected chi connectivity index (χ0v) is 23.9. The lowest BCUT2D eigenvalue weighted by Gasteiger charge is -2.14. The van der Waals surface area contributed by atoms with Crippen LogP contribution in [0, 0.1) is 19.7 Å². The number of aromatic nitrogens is 6. The number of aryl methyl sites for hydroxylation is 2. The van der Waals surface area contributed by atoms with Gasteiger partial charge in [0.1, 0.15) is 22.8 Å². The van der Waals surface area contributed by atoms with E-state index in [4.69, 9.17) is 0 Å². The number of sulfonamides is 1. The first-order valence-corrected chi connectivity index (χ1v) is 15.2. The van der Waals surface area contributed by atoms with E-state index in [1.807, 2.05) is 0 Å². The van der Waals surface area contributed by atoms with Gasteiger partial charge in [0.25, 0.3) is 15.6 Å². The van der Waals surface area contributed by atoms with Crippen molar-refractivity contribution < 1.29 is 17.6 Å². The highest BCUT2D eigenvalue weighted by atomic mass is 32.2. The zero-order valence-electron chi connectivity index (χ0n) is 22.3. The summed E-state index contributed by atoms with van der Waals surface area (Å²) in [5.41, 5.74) is 1.63. The molecule has 1 aliphatic heterocycles. The summed E-state index contributed by atoms with van der Waals surface area (Å²) in [7, 11) is -3.91. The van der Waals surface area contributed by atoms with Gasteiger partial charge in [0.2, 0.25) is 5.91 Å². The summed E-state index contributed by atoms with van der Waals surface area (Å²) in [5, 5.41) is 7.78. The summed E-state index contributed by atoms with van der Waals surface area (Å²) in [5.74, 6) is 0.343. The van der Waals surface area contributed by atoms with Gasteiger partial charge in [0.15, 0.2) is 10.8 Å². The smallest absolute Gasteiger partial charge is 0.265 e. The van der Waals surface area contributed by atoms with Gasteiger partial charge in [-0.15, -0.1) is 0 Å². The fourth-order valence-corrected chi connectivity index (χ4v) is 6.78. The lowest BCUT2D eigenvalue weighted by Crippen LogP contribution is -2.27. The number of carbonyl (C=O) groups excluding carboxylic acids is 1. The Bertz CT molecular complexity index is 1990. The Hall–Kier alpha value is -4.63. The molecule has 3 aromatic heterocycles. The van der Waals surface area contributed by atoms with Crippen molar-refractivity contribution >= 4 is 50.2 Å². The molecule has 1 aliphatic rings. The minimum absolute atomic E-state index is 0.00151. The zero-order chi connectivity index (χ0) is 29.6. The lowest BCUT2D eigenvalue weighted by molar-refractivity contribution is -0.116. The maximum absolute atomic E-state index is 13.4. The maximum Gasteiger partial charge on any atom is 0.265 e. The number of anilines is 2. The fourth-order valence-electron chi connectivity index (χ4n) is 4.66. The predicted octanol–water partition coefficient (Wildman–Crippen LogP) is 3.60. The van der Waals surface area contributed by atoms with Crippen LogP contribution in [0.4, 0.5) is 15.9 Å². The number of amides is 1. The molecule has 0 radical (unpaired) electrons. The second-order valence-corrected chi connectivity index (χ2v) is 12.3. The third kappa shape index (κ3) is 5.35. The van der Waals surface area contributed by atoms with E-state index < -0.39 is 16.1 Å². The Morgan fingerprint density at radius 2 is 1.81 bits per heavy atom. The number of rotatable bonds is 7. The molecule has 0 saturated heterocycles. The Labute approximate surface area is 243 Å². The van der Waals surface area contributed by atoms with Crippen LogP contribution in [-0.4, -0.2) is 49.4 Å². The van der Waals surface area contributed by atoms with Crippen molar-refractivity contribution in [3.05, 3.63) is 88.5 Å². The van der Waals surface area contributed by atoms with Crippen molar-refractivity contribution in [1.29, 1.82) is 0 Å². The molecule has 214 valence electrons. The molecule has 0 aliphatic carbocycles. The molecule has 2 aromatic carbocycles. The highest BCUT2D eigenvalue weighted by Gasteiger charge is 2.30. The normalized spacial score (nSPS) is 14.6. The van der Waals surface area contributed by atoms with E-state index in [2.05, 4.69) is 30.1 Å². The molecule has 1 amide bonds. The Kier molecular flexibility index (Phi) is 6.98. The molecule has 5 aromatic rings. The van der Waals surface area contributed by atoms with Gasteiger partial charge in [0, 0.05) is 29.6 Å². The van der Waals surface area contributed by atoms with Crippen LogP contribution in [0.15, 0.2) is 75.6 Å². The molecule has 1 atom stereocenters. The van der Waals surface area contributed by atoms with Crippen LogP contribution in [0.1, 0.15) is 24.0 Å². The molecule has 2 N–H and O–H groups in total. The van der Waals surface area contributed by atoms with Gasteiger partial charge in [-0.05, 0) is 62.4 Å². The van der Waals surface area contributed by atoms with Crippen LogP contribution < -0.4 is 15.6 Å². The number of halogens is 1. The van der Waals surface area contributed by atoms with Crippen molar-refractivity contribution in [3.63, 3.8) is 0 Å². The van der Waals surface area contributed by atoms with Gasteiger partial charge in [-0.1, -0.05) is 11.8 Å². The third-order valence-electron chi connectivity index (χ3n) is 6.52. The van der Waals surface area contributed by atoms with Gasteiger partial charge in [0.05, 0.1) is 22.8 Å². The molecule has 4 heterocycles. The largest absolute Gasteiger partial charge is 0.326 e. The molecule has 0 saturated carbocycles. The number of nitrogens with one attached hydrogen (secondary N) is 2. The van der Waals surface area contributed by atoms with Crippen molar-refractivity contribution in [1.82, 2.24) is 29.3 Å². The number of hydrogen-bond acceptors (Lipinski definition) is 9. The minimum atomic E-state index is -3.91. The second kappa shape index (κ2) is 10.6. The number of carbonyl (C=O) groups is 1. The molecule has 0 fully saturated rings. The van der Waals surface area contributed by atoms with Crippen molar-refractivity contribution in [2.45, 2.75) is 36.4 Å². The molecule has 0 bridgehead atoms. The summed E-state index contributed by atoms with van der Waals surface area (Å²) in [6.45, 7) is 3.41. The lowest BCUT2D eigenvalue weighted by atomic mass is 10.2. The molecule has 12 nitrogen and oxygen atoms in total. The van der Waals surface area contributed by atoms with Crippen molar-refractivity contribution in [2.24, 2.45) is 0 Å².